The van der Waals surface area contributed by atoms with E-state index in [4.69, 9.17) is 10.9 Å². The second-order valence-electron chi connectivity index (χ2n) is 5.15. The van der Waals surface area contributed by atoms with Crippen LogP contribution in [0.25, 0.3) is 0 Å². The lowest BCUT2D eigenvalue weighted by atomic mass is 9.96. The SMILES string of the molecule is CCC(C)(NC(=O)CCc1ccccc1C)C(N)=NO. The van der Waals surface area contributed by atoms with Gasteiger partial charge in [-0.2, -0.15) is 0 Å². The van der Waals surface area contributed by atoms with Gasteiger partial charge in [-0.1, -0.05) is 36.3 Å². The zero-order valence-electron chi connectivity index (χ0n) is 12.3. The molecule has 110 valence electrons. The number of amidine groups is 1. The maximum absolute atomic E-state index is 12.0. The number of oxime groups is 1. The predicted molar refractivity (Wildman–Crippen MR) is 79.7 cm³/mol. The van der Waals surface area contributed by atoms with Crippen molar-refractivity contribution < 1.29 is 10.0 Å². The van der Waals surface area contributed by atoms with Crippen LogP contribution in [0.15, 0.2) is 29.4 Å². The fraction of sp³-hybridized carbons (Fsp3) is 0.467. The molecule has 0 bridgehead atoms. The summed E-state index contributed by atoms with van der Waals surface area (Å²) in [7, 11) is 0. The van der Waals surface area contributed by atoms with Crippen molar-refractivity contribution in [3.8, 4) is 0 Å². The number of nitrogens with two attached hydrogens (primary N) is 1. The highest BCUT2D eigenvalue weighted by atomic mass is 16.4. The zero-order valence-corrected chi connectivity index (χ0v) is 12.3. The molecule has 0 aliphatic carbocycles. The second kappa shape index (κ2) is 6.93. The van der Waals surface area contributed by atoms with Crippen LogP contribution in [0.1, 0.15) is 37.8 Å². The van der Waals surface area contributed by atoms with Crippen molar-refractivity contribution in [2.75, 3.05) is 0 Å². The Kier molecular flexibility index (Phi) is 5.55. The third kappa shape index (κ3) is 3.98. The molecule has 0 spiro atoms. The topological polar surface area (TPSA) is 87.7 Å². The molecule has 1 unspecified atom stereocenters. The lowest BCUT2D eigenvalue weighted by Crippen LogP contribution is -2.55. The number of carbonyl (C=O) groups is 1. The highest BCUT2D eigenvalue weighted by Gasteiger charge is 2.29. The fourth-order valence-electron chi connectivity index (χ4n) is 1.95. The first-order chi connectivity index (χ1) is 9.42. The van der Waals surface area contributed by atoms with Gasteiger partial charge < -0.3 is 16.3 Å². The summed E-state index contributed by atoms with van der Waals surface area (Å²) in [6, 6.07) is 7.99. The van der Waals surface area contributed by atoms with E-state index < -0.39 is 5.54 Å². The Hall–Kier alpha value is -2.04. The van der Waals surface area contributed by atoms with E-state index in [9.17, 15) is 4.79 Å². The summed E-state index contributed by atoms with van der Waals surface area (Å²) < 4.78 is 0. The Morgan fingerprint density at radius 2 is 2.10 bits per heavy atom. The predicted octanol–water partition coefficient (Wildman–Crippen LogP) is 1.96. The fourth-order valence-corrected chi connectivity index (χ4v) is 1.95. The van der Waals surface area contributed by atoms with Crippen molar-refractivity contribution in [3.63, 3.8) is 0 Å². The van der Waals surface area contributed by atoms with Crippen LogP contribution < -0.4 is 11.1 Å². The number of nitrogens with zero attached hydrogens (tertiary/aromatic N) is 1. The molecule has 1 aromatic carbocycles. The minimum atomic E-state index is -0.808. The Labute approximate surface area is 119 Å². The van der Waals surface area contributed by atoms with Crippen molar-refractivity contribution in [2.24, 2.45) is 10.9 Å². The summed E-state index contributed by atoms with van der Waals surface area (Å²) in [6.07, 6.45) is 1.60. The van der Waals surface area contributed by atoms with Gasteiger partial charge in [-0.3, -0.25) is 4.79 Å². The Morgan fingerprint density at radius 3 is 2.65 bits per heavy atom. The van der Waals surface area contributed by atoms with Crippen LogP contribution in [-0.4, -0.2) is 22.5 Å². The lowest BCUT2D eigenvalue weighted by Gasteiger charge is -2.28. The Balaban J connectivity index is 2.62. The maximum atomic E-state index is 12.0. The number of benzene rings is 1. The first-order valence-corrected chi connectivity index (χ1v) is 6.76. The van der Waals surface area contributed by atoms with Crippen LogP contribution >= 0.6 is 0 Å². The second-order valence-corrected chi connectivity index (χ2v) is 5.15. The highest BCUT2D eigenvalue weighted by Crippen LogP contribution is 2.12. The third-order valence-corrected chi connectivity index (χ3v) is 3.68. The number of hydrogen-bond donors (Lipinski definition) is 3. The van der Waals surface area contributed by atoms with Gasteiger partial charge in [-0.25, -0.2) is 0 Å². The van der Waals surface area contributed by atoms with Gasteiger partial charge in [0.2, 0.25) is 5.91 Å². The van der Waals surface area contributed by atoms with Gasteiger partial charge in [0.05, 0.1) is 5.54 Å². The van der Waals surface area contributed by atoms with Gasteiger partial charge in [-0.15, -0.1) is 0 Å². The molecule has 5 heteroatoms. The first-order valence-electron chi connectivity index (χ1n) is 6.76. The van der Waals surface area contributed by atoms with E-state index in [0.29, 0.717) is 19.3 Å². The number of aryl methyl sites for hydroxylation is 2. The zero-order chi connectivity index (χ0) is 15.2. The quantitative estimate of drug-likeness (QED) is 0.321. The molecule has 1 aromatic rings. The van der Waals surface area contributed by atoms with Crippen molar-refractivity contribution in [1.29, 1.82) is 0 Å². The molecule has 5 nitrogen and oxygen atoms in total. The van der Waals surface area contributed by atoms with Gasteiger partial charge in [-0.05, 0) is 37.8 Å². The minimum Gasteiger partial charge on any atom is -0.409 e. The van der Waals surface area contributed by atoms with Crippen LogP contribution in [-0.2, 0) is 11.2 Å². The van der Waals surface area contributed by atoms with Crippen molar-refractivity contribution in [1.82, 2.24) is 5.32 Å². The summed E-state index contributed by atoms with van der Waals surface area (Å²) in [5, 5.41) is 14.6. The van der Waals surface area contributed by atoms with Crippen LogP contribution in [0.3, 0.4) is 0 Å². The van der Waals surface area contributed by atoms with Crippen molar-refractivity contribution >= 4 is 11.7 Å². The summed E-state index contributed by atoms with van der Waals surface area (Å²) >= 11 is 0. The van der Waals surface area contributed by atoms with E-state index >= 15 is 0 Å². The minimum absolute atomic E-state index is 0.0178. The number of rotatable bonds is 6. The highest BCUT2D eigenvalue weighted by molar-refractivity contribution is 5.93. The van der Waals surface area contributed by atoms with Crippen LogP contribution in [0.2, 0.25) is 0 Å². The normalized spacial score (nSPS) is 14.7. The molecule has 0 aromatic heterocycles. The number of carbonyl (C=O) groups excluding carboxylic acids is 1. The monoisotopic (exact) mass is 277 g/mol. The third-order valence-electron chi connectivity index (χ3n) is 3.68. The van der Waals surface area contributed by atoms with E-state index in [-0.39, 0.29) is 11.7 Å². The first kappa shape index (κ1) is 16.0. The van der Waals surface area contributed by atoms with E-state index in [1.165, 1.54) is 5.56 Å². The molecular formula is C15H23N3O2. The Morgan fingerprint density at radius 1 is 1.45 bits per heavy atom. The van der Waals surface area contributed by atoms with E-state index in [1.807, 2.05) is 38.1 Å². The molecule has 0 heterocycles. The number of hydrogen-bond acceptors (Lipinski definition) is 3. The van der Waals surface area contributed by atoms with Gasteiger partial charge in [0.25, 0.3) is 0 Å². The lowest BCUT2D eigenvalue weighted by molar-refractivity contribution is -0.122. The molecule has 0 fully saturated rings. The molecule has 0 aliphatic rings. The molecule has 0 aliphatic heterocycles. The smallest absolute Gasteiger partial charge is 0.221 e. The number of amides is 1. The maximum Gasteiger partial charge on any atom is 0.221 e. The van der Waals surface area contributed by atoms with Crippen molar-refractivity contribution in [3.05, 3.63) is 35.4 Å². The van der Waals surface area contributed by atoms with Gasteiger partial charge >= 0.3 is 0 Å². The van der Waals surface area contributed by atoms with Gasteiger partial charge in [0, 0.05) is 6.42 Å². The molecule has 0 radical (unpaired) electrons. The van der Waals surface area contributed by atoms with Crippen LogP contribution in [0, 0.1) is 6.92 Å². The van der Waals surface area contributed by atoms with Crippen LogP contribution in [0.5, 0.6) is 0 Å². The average Bonchev–Trinajstić information content (AvgIpc) is 2.45. The Bertz CT molecular complexity index is 500. The van der Waals surface area contributed by atoms with E-state index in [1.54, 1.807) is 6.92 Å². The van der Waals surface area contributed by atoms with Gasteiger partial charge in [0.1, 0.15) is 0 Å². The summed E-state index contributed by atoms with van der Waals surface area (Å²) in [5.41, 5.74) is 7.15. The largest absolute Gasteiger partial charge is 0.409 e. The summed E-state index contributed by atoms with van der Waals surface area (Å²) in [5.74, 6) is -0.0894. The van der Waals surface area contributed by atoms with E-state index in [0.717, 1.165) is 5.56 Å². The standard InChI is InChI=1S/C15H23N3O2/c1-4-15(3,14(16)18-20)17-13(19)10-9-12-8-6-5-7-11(12)2/h5-8,20H,4,9-10H2,1-3H3,(H2,16,18)(H,17,19). The summed E-state index contributed by atoms with van der Waals surface area (Å²) in [4.78, 5) is 12.0. The molecule has 1 rings (SSSR count). The molecule has 4 N–H and O–H groups in total. The van der Waals surface area contributed by atoms with Crippen molar-refractivity contribution in [2.45, 2.75) is 45.6 Å². The molecule has 0 saturated carbocycles. The molecule has 20 heavy (non-hydrogen) atoms. The molecule has 1 amide bonds. The molecule has 1 atom stereocenters. The van der Waals surface area contributed by atoms with Crippen LogP contribution in [0.4, 0.5) is 0 Å². The molecular weight excluding hydrogens is 254 g/mol. The average molecular weight is 277 g/mol. The molecule has 0 saturated heterocycles. The summed E-state index contributed by atoms with van der Waals surface area (Å²) in [6.45, 7) is 5.65. The van der Waals surface area contributed by atoms with Gasteiger partial charge in [0.15, 0.2) is 5.84 Å². The number of nitrogens with one attached hydrogen (secondary N) is 1. The van der Waals surface area contributed by atoms with E-state index in [2.05, 4.69) is 10.5 Å².